The lowest BCUT2D eigenvalue weighted by atomic mass is 10.2. The van der Waals surface area contributed by atoms with E-state index in [9.17, 15) is 0 Å². The van der Waals surface area contributed by atoms with Crippen LogP contribution in [0.2, 0.25) is 0 Å². The summed E-state index contributed by atoms with van der Waals surface area (Å²) in [6.07, 6.45) is 1.75. The maximum atomic E-state index is 8.85. The van der Waals surface area contributed by atoms with Crippen molar-refractivity contribution in [2.75, 3.05) is 0 Å². The maximum Gasteiger partial charge on any atom is 0.0856 e. The zero-order chi connectivity index (χ0) is 8.43. The van der Waals surface area contributed by atoms with E-state index in [1.54, 1.807) is 6.20 Å². The smallest absolute Gasteiger partial charge is 0.0856 e. The summed E-state index contributed by atoms with van der Waals surface area (Å²) in [4.78, 5) is 4.08. The Morgan fingerprint density at radius 1 is 1.55 bits per heavy atom. The van der Waals surface area contributed by atoms with E-state index in [0.717, 1.165) is 21.3 Å². The summed E-state index contributed by atoms with van der Waals surface area (Å²) >= 11 is 3.42. The van der Waals surface area contributed by atoms with E-state index in [0.29, 0.717) is 0 Å². The number of nitrogens with zero attached hydrogens (tertiary/aromatic N) is 1. The standard InChI is InChI=1S/C8H10BrNO/c1-5-3-10-7(4-11)6(2)8(5)9/h3,11H,4H2,1-2H3. The van der Waals surface area contributed by atoms with Crippen LogP contribution >= 0.6 is 15.9 Å². The van der Waals surface area contributed by atoms with Crippen LogP contribution in [0, 0.1) is 13.8 Å². The fourth-order valence-corrected chi connectivity index (χ4v) is 1.24. The number of hydrogen-bond donors (Lipinski definition) is 1. The maximum absolute atomic E-state index is 8.85. The molecule has 0 aromatic carbocycles. The second-order valence-corrected chi connectivity index (χ2v) is 3.28. The van der Waals surface area contributed by atoms with Crippen LogP contribution in [0.25, 0.3) is 0 Å². The number of hydrogen-bond acceptors (Lipinski definition) is 2. The summed E-state index contributed by atoms with van der Waals surface area (Å²) in [5.41, 5.74) is 2.86. The highest BCUT2D eigenvalue weighted by Crippen LogP contribution is 2.21. The summed E-state index contributed by atoms with van der Waals surface area (Å²) in [6.45, 7) is 3.92. The van der Waals surface area contributed by atoms with Gasteiger partial charge in [-0.15, -0.1) is 0 Å². The van der Waals surface area contributed by atoms with Gasteiger partial charge in [0.25, 0.3) is 0 Å². The second kappa shape index (κ2) is 3.32. The molecule has 11 heavy (non-hydrogen) atoms. The van der Waals surface area contributed by atoms with Gasteiger partial charge < -0.3 is 5.11 Å². The lowest BCUT2D eigenvalue weighted by molar-refractivity contribution is 0.276. The van der Waals surface area contributed by atoms with Gasteiger partial charge in [-0.3, -0.25) is 4.98 Å². The van der Waals surface area contributed by atoms with Crippen molar-refractivity contribution in [3.8, 4) is 0 Å². The molecule has 0 aliphatic rings. The molecule has 0 unspecified atom stereocenters. The highest BCUT2D eigenvalue weighted by molar-refractivity contribution is 9.10. The minimum absolute atomic E-state index is 0.00468. The van der Waals surface area contributed by atoms with Gasteiger partial charge in [-0.2, -0.15) is 0 Å². The van der Waals surface area contributed by atoms with Crippen LogP contribution in [-0.4, -0.2) is 10.1 Å². The molecule has 0 saturated carbocycles. The fraction of sp³-hybridized carbons (Fsp3) is 0.375. The molecule has 0 aliphatic heterocycles. The largest absolute Gasteiger partial charge is 0.390 e. The number of rotatable bonds is 1. The van der Waals surface area contributed by atoms with Gasteiger partial charge in [0, 0.05) is 10.7 Å². The van der Waals surface area contributed by atoms with Crippen LogP contribution in [0.5, 0.6) is 0 Å². The Labute approximate surface area is 74.4 Å². The molecule has 0 radical (unpaired) electrons. The molecule has 0 fully saturated rings. The number of halogens is 1. The molecule has 0 amide bonds. The molecule has 0 aliphatic carbocycles. The molecule has 1 N–H and O–H groups in total. The number of aliphatic hydroxyl groups is 1. The summed E-state index contributed by atoms with van der Waals surface area (Å²) < 4.78 is 1.04. The first-order chi connectivity index (χ1) is 5.16. The average Bonchev–Trinajstić information content (AvgIpc) is 2.01. The van der Waals surface area contributed by atoms with Crippen molar-refractivity contribution in [1.82, 2.24) is 4.98 Å². The van der Waals surface area contributed by atoms with Crippen molar-refractivity contribution in [3.05, 3.63) is 27.5 Å². The zero-order valence-corrected chi connectivity index (χ0v) is 8.14. The molecule has 1 rings (SSSR count). The Balaban J connectivity index is 3.25. The number of aryl methyl sites for hydroxylation is 1. The van der Waals surface area contributed by atoms with Crippen molar-refractivity contribution >= 4 is 15.9 Å². The van der Waals surface area contributed by atoms with Gasteiger partial charge in [0.1, 0.15) is 0 Å². The molecule has 0 atom stereocenters. The van der Waals surface area contributed by atoms with E-state index in [1.807, 2.05) is 13.8 Å². The summed E-state index contributed by atoms with van der Waals surface area (Å²) in [5, 5.41) is 8.85. The Bertz CT molecular complexity index is 273. The van der Waals surface area contributed by atoms with Crippen molar-refractivity contribution in [1.29, 1.82) is 0 Å². The van der Waals surface area contributed by atoms with Crippen LogP contribution in [0.1, 0.15) is 16.8 Å². The van der Waals surface area contributed by atoms with Crippen LogP contribution < -0.4 is 0 Å². The zero-order valence-electron chi connectivity index (χ0n) is 6.56. The fourth-order valence-electron chi connectivity index (χ4n) is 0.910. The molecule has 3 heteroatoms. The molecule has 0 saturated heterocycles. The Hall–Kier alpha value is -0.410. The van der Waals surface area contributed by atoms with Crippen LogP contribution in [0.3, 0.4) is 0 Å². The van der Waals surface area contributed by atoms with Crippen LogP contribution in [0.15, 0.2) is 10.7 Å². The minimum atomic E-state index is 0.00468. The van der Waals surface area contributed by atoms with Gasteiger partial charge in [-0.25, -0.2) is 0 Å². The van der Waals surface area contributed by atoms with Gasteiger partial charge in [0.2, 0.25) is 0 Å². The molecule has 1 heterocycles. The quantitative estimate of drug-likeness (QED) is 0.778. The number of aromatic nitrogens is 1. The Morgan fingerprint density at radius 2 is 2.18 bits per heavy atom. The van der Waals surface area contributed by atoms with E-state index in [4.69, 9.17) is 5.11 Å². The van der Waals surface area contributed by atoms with E-state index in [-0.39, 0.29) is 6.61 Å². The molecule has 1 aromatic heterocycles. The van der Waals surface area contributed by atoms with Gasteiger partial charge >= 0.3 is 0 Å². The van der Waals surface area contributed by atoms with E-state index in [1.165, 1.54) is 0 Å². The summed E-state index contributed by atoms with van der Waals surface area (Å²) in [7, 11) is 0. The summed E-state index contributed by atoms with van der Waals surface area (Å²) in [6, 6.07) is 0. The SMILES string of the molecule is Cc1cnc(CO)c(C)c1Br. The highest BCUT2D eigenvalue weighted by Gasteiger charge is 2.04. The van der Waals surface area contributed by atoms with Crippen LogP contribution in [0.4, 0.5) is 0 Å². The molecule has 0 bridgehead atoms. The van der Waals surface area contributed by atoms with Gasteiger partial charge in [0.15, 0.2) is 0 Å². The lowest BCUT2D eigenvalue weighted by Crippen LogP contribution is -1.95. The number of pyridine rings is 1. The minimum Gasteiger partial charge on any atom is -0.390 e. The average molecular weight is 216 g/mol. The predicted molar refractivity (Wildman–Crippen MR) is 47.3 cm³/mol. The van der Waals surface area contributed by atoms with Gasteiger partial charge in [0.05, 0.1) is 12.3 Å². The topological polar surface area (TPSA) is 33.1 Å². The van der Waals surface area contributed by atoms with Crippen molar-refractivity contribution in [2.45, 2.75) is 20.5 Å². The first kappa shape index (κ1) is 8.68. The monoisotopic (exact) mass is 215 g/mol. The lowest BCUT2D eigenvalue weighted by Gasteiger charge is -2.05. The first-order valence-corrected chi connectivity index (χ1v) is 4.17. The molecule has 60 valence electrons. The second-order valence-electron chi connectivity index (χ2n) is 2.49. The molecular weight excluding hydrogens is 206 g/mol. The third kappa shape index (κ3) is 1.60. The van der Waals surface area contributed by atoms with E-state index in [2.05, 4.69) is 20.9 Å². The van der Waals surface area contributed by atoms with E-state index >= 15 is 0 Å². The molecule has 0 spiro atoms. The predicted octanol–water partition coefficient (Wildman–Crippen LogP) is 1.95. The third-order valence-corrected chi connectivity index (χ3v) is 2.89. The summed E-state index contributed by atoms with van der Waals surface area (Å²) in [5.74, 6) is 0. The highest BCUT2D eigenvalue weighted by atomic mass is 79.9. The number of aliphatic hydroxyl groups excluding tert-OH is 1. The van der Waals surface area contributed by atoms with Crippen LogP contribution in [-0.2, 0) is 6.61 Å². The van der Waals surface area contributed by atoms with E-state index < -0.39 is 0 Å². The van der Waals surface area contributed by atoms with Crippen molar-refractivity contribution < 1.29 is 5.11 Å². The van der Waals surface area contributed by atoms with Crippen molar-refractivity contribution in [3.63, 3.8) is 0 Å². The molecule has 1 aromatic rings. The van der Waals surface area contributed by atoms with Gasteiger partial charge in [-0.05, 0) is 25.0 Å². The molecule has 2 nitrogen and oxygen atoms in total. The molecular formula is C8H10BrNO. The third-order valence-electron chi connectivity index (χ3n) is 1.67. The van der Waals surface area contributed by atoms with Crippen molar-refractivity contribution in [2.24, 2.45) is 0 Å². The Morgan fingerprint density at radius 3 is 2.73 bits per heavy atom. The normalized spacial score (nSPS) is 10.2. The first-order valence-electron chi connectivity index (χ1n) is 3.38. The Kier molecular flexibility index (Phi) is 2.62. The van der Waals surface area contributed by atoms with Gasteiger partial charge in [-0.1, -0.05) is 15.9 Å².